The van der Waals surface area contributed by atoms with Gasteiger partial charge in [0.2, 0.25) is 0 Å². The minimum absolute atomic E-state index is 0.132. The summed E-state index contributed by atoms with van der Waals surface area (Å²) in [6, 6.07) is 14.3. The summed E-state index contributed by atoms with van der Waals surface area (Å²) in [5.74, 6) is 0.305. The molecule has 2 aromatic carbocycles. The third-order valence-corrected chi connectivity index (χ3v) is 6.80. The van der Waals surface area contributed by atoms with Crippen molar-refractivity contribution in [2.75, 3.05) is 13.7 Å². The first-order valence-corrected chi connectivity index (χ1v) is 9.09. The molecule has 0 aliphatic heterocycles. The zero-order valence-corrected chi connectivity index (χ0v) is 14.0. The normalized spacial score (nSPS) is 23.5. The van der Waals surface area contributed by atoms with Crippen molar-refractivity contribution >= 4 is 9.84 Å². The predicted molar refractivity (Wildman–Crippen MR) is 88.5 cm³/mol. The summed E-state index contributed by atoms with van der Waals surface area (Å²) in [5, 5.41) is 9.01. The summed E-state index contributed by atoms with van der Waals surface area (Å²) in [6.45, 7) is 1.79. The summed E-state index contributed by atoms with van der Waals surface area (Å²) in [4.78, 5) is 0.322. The van der Waals surface area contributed by atoms with E-state index in [2.05, 4.69) is 0 Å². The van der Waals surface area contributed by atoms with E-state index < -0.39 is 15.1 Å². The second-order valence-corrected chi connectivity index (χ2v) is 8.07. The highest BCUT2D eigenvalue weighted by Crippen LogP contribution is 2.53. The minimum Gasteiger partial charge on any atom is -0.497 e. The van der Waals surface area contributed by atoms with Gasteiger partial charge in [-0.3, -0.25) is 0 Å². The molecule has 0 amide bonds. The van der Waals surface area contributed by atoms with Gasteiger partial charge in [-0.1, -0.05) is 29.8 Å². The van der Waals surface area contributed by atoms with E-state index in [9.17, 15) is 13.5 Å². The Bertz CT molecular complexity index is 779. The molecule has 0 saturated heterocycles. The first-order valence-electron chi connectivity index (χ1n) is 7.54. The van der Waals surface area contributed by atoms with Gasteiger partial charge in [-0.15, -0.1) is 0 Å². The minimum atomic E-state index is -3.45. The molecule has 1 aliphatic rings. The molecule has 1 fully saturated rings. The first kappa shape index (κ1) is 16.0. The van der Waals surface area contributed by atoms with Crippen LogP contribution in [0.15, 0.2) is 53.4 Å². The van der Waals surface area contributed by atoms with Crippen LogP contribution >= 0.6 is 0 Å². The van der Waals surface area contributed by atoms with E-state index in [-0.39, 0.29) is 18.4 Å². The molecule has 1 N–H and O–H groups in total. The lowest BCUT2D eigenvalue weighted by molar-refractivity contribution is 0.274. The highest BCUT2D eigenvalue weighted by molar-refractivity contribution is 7.92. The smallest absolute Gasteiger partial charge is 0.182 e. The highest BCUT2D eigenvalue weighted by atomic mass is 32.2. The van der Waals surface area contributed by atoms with Gasteiger partial charge in [0.1, 0.15) is 5.75 Å². The van der Waals surface area contributed by atoms with Crippen LogP contribution in [0.1, 0.15) is 17.0 Å². The number of ether oxygens (including phenoxy) is 1. The lowest BCUT2D eigenvalue weighted by Gasteiger charge is -2.05. The number of rotatable bonds is 5. The molecule has 122 valence electrons. The number of methoxy groups -OCH3 is 1. The van der Waals surface area contributed by atoms with Gasteiger partial charge < -0.3 is 9.84 Å². The van der Waals surface area contributed by atoms with Crippen molar-refractivity contribution in [2.45, 2.75) is 23.0 Å². The Labute approximate surface area is 136 Å². The number of hydrogen-bond acceptors (Lipinski definition) is 4. The summed E-state index contributed by atoms with van der Waals surface area (Å²) in [6.07, 6.45) is 0. The molecular weight excluding hydrogens is 312 g/mol. The number of sulfone groups is 1. The van der Waals surface area contributed by atoms with Gasteiger partial charge in [-0.2, -0.15) is 0 Å². The Morgan fingerprint density at radius 2 is 1.65 bits per heavy atom. The summed E-state index contributed by atoms with van der Waals surface area (Å²) < 4.78 is 30.8. The third kappa shape index (κ3) is 2.86. The second-order valence-electron chi connectivity index (χ2n) is 5.97. The largest absolute Gasteiger partial charge is 0.497 e. The van der Waals surface area contributed by atoms with Gasteiger partial charge in [0.05, 0.1) is 17.3 Å². The number of aryl methyl sites for hydroxylation is 1. The fourth-order valence-electron chi connectivity index (χ4n) is 3.13. The molecule has 0 radical (unpaired) electrons. The van der Waals surface area contributed by atoms with E-state index in [1.54, 1.807) is 31.4 Å². The Balaban J connectivity index is 1.90. The molecular formula is C18H20O4S. The second kappa shape index (κ2) is 5.98. The number of benzene rings is 2. The maximum atomic E-state index is 12.8. The number of aliphatic hydroxyl groups excluding tert-OH is 1. The molecule has 0 unspecified atom stereocenters. The quantitative estimate of drug-likeness (QED) is 0.914. The van der Waals surface area contributed by atoms with Crippen LogP contribution < -0.4 is 4.74 Å². The van der Waals surface area contributed by atoms with Crippen molar-refractivity contribution in [1.82, 2.24) is 0 Å². The maximum absolute atomic E-state index is 12.8. The first-order chi connectivity index (χ1) is 11.0. The van der Waals surface area contributed by atoms with Crippen molar-refractivity contribution in [2.24, 2.45) is 5.92 Å². The van der Waals surface area contributed by atoms with E-state index in [1.165, 1.54) is 0 Å². The van der Waals surface area contributed by atoms with Crippen LogP contribution in [-0.2, 0) is 9.84 Å². The van der Waals surface area contributed by atoms with Crippen LogP contribution in [-0.4, -0.2) is 32.5 Å². The number of aliphatic hydroxyl groups is 1. The molecule has 0 aromatic heterocycles. The number of hydrogen-bond donors (Lipinski definition) is 1. The molecule has 2 aromatic rings. The lowest BCUT2D eigenvalue weighted by Crippen LogP contribution is -2.11. The van der Waals surface area contributed by atoms with Crippen molar-refractivity contribution < 1.29 is 18.3 Å². The van der Waals surface area contributed by atoms with Crippen molar-refractivity contribution in [3.05, 3.63) is 59.7 Å². The van der Waals surface area contributed by atoms with Crippen LogP contribution in [0.5, 0.6) is 5.75 Å². The lowest BCUT2D eigenvalue weighted by atomic mass is 10.1. The van der Waals surface area contributed by atoms with Gasteiger partial charge in [0.15, 0.2) is 9.84 Å². The van der Waals surface area contributed by atoms with Crippen LogP contribution in [0.25, 0.3) is 0 Å². The van der Waals surface area contributed by atoms with Crippen molar-refractivity contribution in [3.8, 4) is 5.75 Å². The predicted octanol–water partition coefficient (Wildman–Crippen LogP) is 2.55. The molecule has 0 heterocycles. The standard InChI is InChI=1S/C18H20O4S/c1-12-3-9-15(10-4-12)23(20,21)18-16(11-19)17(18)13-5-7-14(22-2)8-6-13/h3-10,16-19H,11H2,1-2H3/t16-,17+,18+/m1/s1. The van der Waals surface area contributed by atoms with E-state index in [0.29, 0.717) is 4.90 Å². The maximum Gasteiger partial charge on any atom is 0.182 e. The Morgan fingerprint density at radius 3 is 2.17 bits per heavy atom. The molecule has 0 spiro atoms. The molecule has 1 saturated carbocycles. The van der Waals surface area contributed by atoms with Gasteiger partial charge in [-0.25, -0.2) is 8.42 Å². The Kier molecular flexibility index (Phi) is 4.17. The Hall–Kier alpha value is -1.85. The zero-order valence-electron chi connectivity index (χ0n) is 13.1. The molecule has 1 aliphatic carbocycles. The molecule has 0 bridgehead atoms. The van der Waals surface area contributed by atoms with E-state index in [4.69, 9.17) is 4.74 Å². The summed E-state index contributed by atoms with van der Waals surface area (Å²) in [5.41, 5.74) is 1.94. The molecule has 23 heavy (non-hydrogen) atoms. The highest BCUT2D eigenvalue weighted by Gasteiger charge is 2.58. The van der Waals surface area contributed by atoms with Crippen LogP contribution in [0.3, 0.4) is 0 Å². The van der Waals surface area contributed by atoms with Gasteiger partial charge >= 0.3 is 0 Å². The zero-order chi connectivity index (χ0) is 16.6. The fourth-order valence-corrected chi connectivity index (χ4v) is 5.33. The molecule has 3 rings (SSSR count). The SMILES string of the molecule is COc1ccc([C@H]2[C@@H](CO)[C@@H]2S(=O)(=O)c2ccc(C)cc2)cc1. The van der Waals surface area contributed by atoms with Gasteiger partial charge in [-0.05, 0) is 36.8 Å². The van der Waals surface area contributed by atoms with Crippen LogP contribution in [0, 0.1) is 12.8 Å². The van der Waals surface area contributed by atoms with Crippen molar-refractivity contribution in [1.29, 1.82) is 0 Å². The summed E-state index contributed by atoms with van der Waals surface area (Å²) in [7, 11) is -1.86. The molecule has 3 atom stereocenters. The van der Waals surface area contributed by atoms with Crippen LogP contribution in [0.2, 0.25) is 0 Å². The topological polar surface area (TPSA) is 63.6 Å². The fraction of sp³-hybridized carbons (Fsp3) is 0.333. The van der Waals surface area contributed by atoms with E-state index in [0.717, 1.165) is 16.9 Å². The average Bonchev–Trinajstić information content (AvgIpc) is 3.31. The molecule has 5 heteroatoms. The monoisotopic (exact) mass is 332 g/mol. The van der Waals surface area contributed by atoms with Crippen LogP contribution in [0.4, 0.5) is 0 Å². The average molecular weight is 332 g/mol. The van der Waals surface area contributed by atoms with Gasteiger partial charge in [0, 0.05) is 18.4 Å². The van der Waals surface area contributed by atoms with E-state index >= 15 is 0 Å². The Morgan fingerprint density at radius 1 is 1.04 bits per heavy atom. The summed E-state index contributed by atoms with van der Waals surface area (Å²) >= 11 is 0. The molecule has 4 nitrogen and oxygen atoms in total. The van der Waals surface area contributed by atoms with Gasteiger partial charge in [0.25, 0.3) is 0 Å². The van der Waals surface area contributed by atoms with E-state index in [1.807, 2.05) is 31.2 Å². The van der Waals surface area contributed by atoms with Crippen molar-refractivity contribution in [3.63, 3.8) is 0 Å². The third-order valence-electron chi connectivity index (χ3n) is 4.52.